The topological polar surface area (TPSA) is 207 Å². The molecule has 3 heterocycles. The number of β-amino-alcohol motifs (C(OH)–C–C–N with tert-alkyl or cyclic N) is 2. The van der Waals surface area contributed by atoms with Gasteiger partial charge in [-0.15, -0.1) is 0 Å². The van der Waals surface area contributed by atoms with Crippen LogP contribution in [0.3, 0.4) is 0 Å². The van der Waals surface area contributed by atoms with Gasteiger partial charge in [0.1, 0.15) is 34.9 Å². The molecular formula is C93H116F6N8O9. The Morgan fingerprint density at radius 1 is 0.448 bits per heavy atom. The maximum Gasteiger partial charge on any atom is 0.254 e. The van der Waals surface area contributed by atoms with Gasteiger partial charge in [-0.2, -0.15) is 0 Å². The second-order valence-electron chi connectivity index (χ2n) is 29.3. The summed E-state index contributed by atoms with van der Waals surface area (Å²) in [6.45, 7) is 31.3. The zero-order chi connectivity index (χ0) is 86.2. The third-order valence-electron chi connectivity index (χ3n) is 18.2. The minimum atomic E-state index is -1.10. The number of halogens is 6. The van der Waals surface area contributed by atoms with Gasteiger partial charge in [0.05, 0.1) is 36.0 Å². The zero-order valence-electron chi connectivity index (χ0n) is 69.7. The molecule has 9 aromatic carbocycles. The molecule has 0 saturated carbocycles. The minimum Gasteiger partial charge on any atom is -0.395 e. The van der Waals surface area contributed by atoms with E-state index in [4.69, 9.17) is 5.11 Å². The van der Waals surface area contributed by atoms with E-state index in [9.17, 15) is 65.3 Å². The summed E-state index contributed by atoms with van der Waals surface area (Å²) < 4.78 is 76.5. The summed E-state index contributed by atoms with van der Waals surface area (Å²) in [7, 11) is 5.26. The van der Waals surface area contributed by atoms with Crippen LogP contribution >= 0.6 is 0 Å². The number of benzene rings is 9. The average Bonchev–Trinajstić information content (AvgIpc) is 1.15. The maximum atomic E-state index is 13.4. The number of aryl methyl sites for hydroxylation is 9. The molecule has 3 aliphatic rings. The van der Waals surface area contributed by atoms with Crippen molar-refractivity contribution in [1.29, 1.82) is 0 Å². The summed E-state index contributed by atoms with van der Waals surface area (Å²) >= 11 is 0. The summed E-state index contributed by atoms with van der Waals surface area (Å²) in [5.41, 5.74) is 10.2. The highest BCUT2D eigenvalue weighted by Gasteiger charge is 2.26. The van der Waals surface area contributed by atoms with Gasteiger partial charge in [0.2, 0.25) is 5.91 Å². The van der Waals surface area contributed by atoms with E-state index in [0.717, 1.165) is 103 Å². The lowest BCUT2D eigenvalue weighted by Crippen LogP contribution is -2.49. The van der Waals surface area contributed by atoms with Gasteiger partial charge in [-0.3, -0.25) is 33.7 Å². The number of likely N-dealkylation sites (tertiary alicyclic amines) is 1. The number of aliphatic hydroxyl groups is 3. The number of carbonyl (C=O) groups is 6. The third-order valence-corrected chi connectivity index (χ3v) is 18.2. The number of hydrogen-bond acceptors (Lipinski definition) is 11. The molecule has 23 heteroatoms. The van der Waals surface area contributed by atoms with Gasteiger partial charge >= 0.3 is 0 Å². The van der Waals surface area contributed by atoms with Crippen LogP contribution in [0.4, 0.5) is 26.3 Å². The molecule has 6 amide bonds. The lowest BCUT2D eigenvalue weighted by molar-refractivity contribution is -0.127. The highest BCUT2D eigenvalue weighted by molar-refractivity contribution is 5.97. The van der Waals surface area contributed by atoms with Crippen LogP contribution in [0.2, 0.25) is 0 Å². The van der Waals surface area contributed by atoms with Gasteiger partial charge in [-0.25, -0.2) is 26.3 Å². The van der Waals surface area contributed by atoms with Crippen LogP contribution in [0.25, 0.3) is 0 Å². The third kappa shape index (κ3) is 36.3. The van der Waals surface area contributed by atoms with Gasteiger partial charge in [0, 0.05) is 115 Å². The molecule has 17 nitrogen and oxygen atoms in total. The highest BCUT2D eigenvalue weighted by Crippen LogP contribution is 2.24. The SMILES string of the molecule is CCCNC(=O)c1ccc(C)cc1F.Cc1ccc(C(=O)N2CCN(C)CC2)cc1.Cc1ccc(C(=O)N2CCN(CCO)CC2)cc1.Cc1ccc(C(=O)N2CC[C@@H](O)C2)cc1.Cc1ccc(C(=O)NCC(=O)N(C)C)c(F)c1.Cc1ccc(C(C)(C)O)c(F)c1.Cc1ccc(F)cc1.Cc1cccc(F)c1.Cc1ccccc1F. The van der Waals surface area contributed by atoms with E-state index in [1.165, 1.54) is 76.7 Å². The van der Waals surface area contributed by atoms with E-state index in [0.29, 0.717) is 49.3 Å². The molecule has 0 spiro atoms. The molecule has 0 aliphatic carbocycles. The summed E-state index contributed by atoms with van der Waals surface area (Å²) in [4.78, 5) is 81.8. The molecule has 3 fully saturated rings. The van der Waals surface area contributed by atoms with E-state index in [2.05, 4.69) is 27.5 Å². The number of aliphatic hydroxyl groups excluding tert-OH is 2. The predicted octanol–water partition coefficient (Wildman–Crippen LogP) is 15.3. The van der Waals surface area contributed by atoms with Crippen LogP contribution in [0, 0.1) is 97.2 Å². The molecule has 0 unspecified atom stereocenters. The largest absolute Gasteiger partial charge is 0.395 e. The van der Waals surface area contributed by atoms with Crippen molar-refractivity contribution in [2.24, 2.45) is 0 Å². The summed E-state index contributed by atoms with van der Waals surface area (Å²) in [5.74, 6) is -2.74. The van der Waals surface area contributed by atoms with Gasteiger partial charge < -0.3 is 50.5 Å². The van der Waals surface area contributed by atoms with Crippen LogP contribution in [0.1, 0.15) is 141 Å². The summed E-state index contributed by atoms with van der Waals surface area (Å²) in [6, 6.07) is 56.4. The average molecular weight is 1600 g/mol. The monoisotopic (exact) mass is 1600 g/mol. The van der Waals surface area contributed by atoms with Crippen molar-refractivity contribution in [3.05, 3.63) is 319 Å². The Kier molecular flexibility index (Phi) is 42.5. The Balaban J connectivity index is 0.000000278. The zero-order valence-corrected chi connectivity index (χ0v) is 69.7. The Labute approximate surface area is 681 Å². The Morgan fingerprint density at radius 2 is 0.853 bits per heavy atom. The van der Waals surface area contributed by atoms with E-state index >= 15 is 0 Å². The fourth-order valence-electron chi connectivity index (χ4n) is 11.0. The Hall–Kier alpha value is -10.8. The number of carbonyl (C=O) groups excluding carboxylic acids is 6. The molecule has 0 bridgehead atoms. The van der Waals surface area contributed by atoms with Crippen molar-refractivity contribution in [2.75, 3.05) is 113 Å². The lowest BCUT2D eigenvalue weighted by atomic mass is 9.97. The van der Waals surface area contributed by atoms with Gasteiger partial charge in [0.25, 0.3) is 29.5 Å². The number of nitrogens with zero attached hydrogens (tertiary/aromatic N) is 6. The molecule has 9 aromatic rings. The second kappa shape index (κ2) is 50.5. The first-order valence-electron chi connectivity index (χ1n) is 38.6. The van der Waals surface area contributed by atoms with E-state index < -0.39 is 23.1 Å². The van der Waals surface area contributed by atoms with Crippen molar-refractivity contribution in [2.45, 2.75) is 108 Å². The van der Waals surface area contributed by atoms with Crippen molar-refractivity contribution in [1.82, 2.24) is 40.0 Å². The minimum absolute atomic E-state index is 0.0200. The van der Waals surface area contributed by atoms with Gasteiger partial charge in [0.15, 0.2) is 0 Å². The van der Waals surface area contributed by atoms with Crippen LogP contribution in [-0.2, 0) is 10.4 Å². The molecule has 3 aliphatic heterocycles. The smallest absolute Gasteiger partial charge is 0.254 e. The highest BCUT2D eigenvalue weighted by atomic mass is 19.1. The normalized spacial score (nSPS) is 13.5. The van der Waals surface area contributed by atoms with Gasteiger partial charge in [-0.05, 0) is 221 Å². The molecule has 116 heavy (non-hydrogen) atoms. The fraction of sp³-hybridized carbons (Fsp3) is 0.355. The second-order valence-corrected chi connectivity index (χ2v) is 29.3. The molecule has 624 valence electrons. The first-order valence-corrected chi connectivity index (χ1v) is 38.6. The summed E-state index contributed by atoms with van der Waals surface area (Å²) in [6.07, 6.45) is 1.19. The number of piperazine rings is 2. The van der Waals surface area contributed by atoms with Crippen molar-refractivity contribution >= 4 is 35.4 Å². The quantitative estimate of drug-likeness (QED) is 0.0727. The molecule has 3 saturated heterocycles. The van der Waals surface area contributed by atoms with Crippen LogP contribution in [-0.4, -0.2) is 199 Å². The molecule has 12 rings (SSSR count). The Bertz CT molecular complexity index is 4450. The molecule has 5 N–H and O–H groups in total. The van der Waals surface area contributed by atoms with E-state index in [1.807, 2.05) is 143 Å². The van der Waals surface area contributed by atoms with Crippen molar-refractivity contribution in [3.8, 4) is 0 Å². The van der Waals surface area contributed by atoms with Crippen LogP contribution in [0.5, 0.6) is 0 Å². The number of hydrogen-bond donors (Lipinski definition) is 5. The molecule has 0 aromatic heterocycles. The summed E-state index contributed by atoms with van der Waals surface area (Å²) in [5, 5.41) is 32.7. The maximum absolute atomic E-state index is 13.4. The number of rotatable bonds is 12. The molecule has 1 atom stereocenters. The first-order chi connectivity index (χ1) is 54.9. The van der Waals surface area contributed by atoms with Crippen molar-refractivity contribution < 1.29 is 70.4 Å². The van der Waals surface area contributed by atoms with Crippen LogP contribution < -0.4 is 10.6 Å². The van der Waals surface area contributed by atoms with E-state index in [-0.39, 0.29) is 83.2 Å². The number of likely N-dealkylation sites (N-methyl/N-ethyl adjacent to an activating group) is 2. The van der Waals surface area contributed by atoms with Crippen molar-refractivity contribution in [3.63, 3.8) is 0 Å². The number of amides is 6. The molecular weight excluding hydrogens is 1490 g/mol. The van der Waals surface area contributed by atoms with E-state index in [1.54, 1.807) is 108 Å². The van der Waals surface area contributed by atoms with Gasteiger partial charge in [-0.1, -0.05) is 132 Å². The molecule has 0 radical (unpaired) electrons. The predicted molar refractivity (Wildman–Crippen MR) is 449 cm³/mol. The number of nitrogens with one attached hydrogen (secondary N) is 2. The van der Waals surface area contributed by atoms with Crippen LogP contribution in [0.15, 0.2) is 200 Å². The standard InChI is InChI=1S/C14H20N2O2.C13H18N2O.C12H15FN2O2.C12H15NO2.C11H14FNO.C10H13FO.3C7H7F/c1-12-2-4-13(5-3-12)14(18)16-8-6-15(7-9-16)10-11-17;1-11-3-5-12(6-4-11)13(16)15-9-7-14(2)8-10-15;1-8-4-5-9(10(13)6-8)12(17)14-7-11(16)15(2)3;1-9-2-4-10(5-3-9)12(15)13-7-6-11(14)8-13;1-3-6-13-11(14)9-5-4-8(2)7-10(9)12;1-7-4-5-8(9(11)6-7)10(2,3)12;1-6-2-4-7(8)5-3-6;1-6-3-2-4-7(8)5-6;1-6-4-2-3-5-7(6)8/h2-5,17H,6-11H2,1H3;3-6H,7-10H2,1-2H3;4-6H,7H2,1-3H3,(H,14,17);2-5,11,14H,6-8H2,1H3;4-5,7H,3,6H2,1-2H3,(H,13,14);4-6,12H,1-3H3;3*2-5H,1H3/t;;;11-;;;;;/m...1...../s1. The fourth-order valence-corrected chi connectivity index (χ4v) is 11.0. The lowest BCUT2D eigenvalue weighted by Gasteiger charge is -2.34. The first kappa shape index (κ1) is 97.5. The Morgan fingerprint density at radius 3 is 1.21 bits per heavy atom.